The lowest BCUT2D eigenvalue weighted by Crippen LogP contribution is -2.39. The molecule has 0 bridgehead atoms. The van der Waals surface area contributed by atoms with Crippen molar-refractivity contribution in [1.29, 1.82) is 0 Å². The SMILES string of the molecule is CCCCC(=O)[C@@]1(F)CC=C2c3ccccc3CC[C@H]2C1. The van der Waals surface area contributed by atoms with Gasteiger partial charge in [0.2, 0.25) is 0 Å². The highest BCUT2D eigenvalue weighted by Crippen LogP contribution is 2.46. The highest BCUT2D eigenvalue weighted by molar-refractivity contribution is 5.89. The summed E-state index contributed by atoms with van der Waals surface area (Å²) in [7, 11) is 0. The van der Waals surface area contributed by atoms with Crippen molar-refractivity contribution in [2.24, 2.45) is 5.92 Å². The van der Waals surface area contributed by atoms with E-state index < -0.39 is 5.67 Å². The molecule has 0 spiro atoms. The molecule has 0 unspecified atom stereocenters. The zero-order valence-electron chi connectivity index (χ0n) is 12.7. The molecular formula is C19H23FO. The van der Waals surface area contributed by atoms with Crippen molar-refractivity contribution in [3.8, 4) is 0 Å². The Bertz CT molecular complexity index is 575. The highest BCUT2D eigenvalue weighted by atomic mass is 19.1. The standard InChI is InChI=1S/C19H23FO/c1-2-3-8-18(21)19(20)12-11-17-15(13-19)10-9-14-6-4-5-7-16(14)17/h4-7,11,15H,2-3,8-10,12-13H2,1H3/t15-,19+/m0/s1. The second-order valence-electron chi connectivity index (χ2n) is 6.45. The Kier molecular flexibility index (Phi) is 3.97. The van der Waals surface area contributed by atoms with Gasteiger partial charge >= 0.3 is 0 Å². The van der Waals surface area contributed by atoms with Crippen LogP contribution < -0.4 is 0 Å². The molecule has 2 atom stereocenters. The first-order valence-electron chi connectivity index (χ1n) is 8.14. The van der Waals surface area contributed by atoms with E-state index in [4.69, 9.17) is 0 Å². The summed E-state index contributed by atoms with van der Waals surface area (Å²) in [6, 6.07) is 8.41. The number of benzene rings is 1. The number of halogens is 1. The predicted molar refractivity (Wildman–Crippen MR) is 83.8 cm³/mol. The van der Waals surface area contributed by atoms with Crippen LogP contribution in [0.5, 0.6) is 0 Å². The second-order valence-corrected chi connectivity index (χ2v) is 6.45. The number of ketones is 1. The Morgan fingerprint density at radius 2 is 2.19 bits per heavy atom. The summed E-state index contributed by atoms with van der Waals surface area (Å²) in [6.07, 6.45) is 6.74. The summed E-state index contributed by atoms with van der Waals surface area (Å²) < 4.78 is 15.0. The van der Waals surface area contributed by atoms with Crippen molar-refractivity contribution in [3.05, 3.63) is 41.5 Å². The second kappa shape index (κ2) is 5.75. The topological polar surface area (TPSA) is 17.1 Å². The largest absolute Gasteiger partial charge is 0.296 e. The van der Waals surface area contributed by atoms with E-state index in [0.717, 1.165) is 25.7 Å². The van der Waals surface area contributed by atoms with Gasteiger partial charge in [-0.3, -0.25) is 4.79 Å². The molecule has 0 saturated carbocycles. The number of fused-ring (bicyclic) bond motifs is 3. The van der Waals surface area contributed by atoms with Gasteiger partial charge in [-0.1, -0.05) is 43.7 Å². The molecule has 0 amide bonds. The summed E-state index contributed by atoms with van der Waals surface area (Å²) in [5.41, 5.74) is 2.30. The van der Waals surface area contributed by atoms with Crippen molar-refractivity contribution < 1.29 is 9.18 Å². The number of rotatable bonds is 4. The van der Waals surface area contributed by atoms with E-state index in [9.17, 15) is 4.79 Å². The van der Waals surface area contributed by atoms with Gasteiger partial charge in [-0.05, 0) is 48.3 Å². The molecule has 0 N–H and O–H groups in total. The molecule has 0 heterocycles. The fourth-order valence-electron chi connectivity index (χ4n) is 3.75. The van der Waals surface area contributed by atoms with Crippen LogP contribution in [0.25, 0.3) is 5.57 Å². The van der Waals surface area contributed by atoms with Gasteiger partial charge in [0.1, 0.15) is 0 Å². The van der Waals surface area contributed by atoms with E-state index in [2.05, 4.69) is 18.2 Å². The molecule has 2 heteroatoms. The summed E-state index contributed by atoms with van der Waals surface area (Å²) in [5.74, 6) is 0.0303. The molecule has 1 aromatic rings. The Hall–Kier alpha value is -1.44. The number of carbonyl (C=O) groups excluding carboxylic acids is 1. The number of unbranched alkanes of at least 4 members (excludes halogenated alkanes) is 1. The maximum Gasteiger partial charge on any atom is 0.172 e. The zero-order valence-corrected chi connectivity index (χ0v) is 12.7. The lowest BCUT2D eigenvalue weighted by molar-refractivity contribution is -0.131. The fraction of sp³-hybridized carbons (Fsp3) is 0.526. The van der Waals surface area contributed by atoms with Crippen LogP contribution in [0.2, 0.25) is 0 Å². The van der Waals surface area contributed by atoms with Gasteiger partial charge in [0.25, 0.3) is 0 Å². The summed E-state index contributed by atoms with van der Waals surface area (Å²) in [4.78, 5) is 12.2. The first-order chi connectivity index (χ1) is 10.1. The Morgan fingerprint density at radius 1 is 1.38 bits per heavy atom. The van der Waals surface area contributed by atoms with Gasteiger partial charge in [-0.15, -0.1) is 0 Å². The average Bonchev–Trinajstić information content (AvgIpc) is 2.52. The van der Waals surface area contributed by atoms with E-state index in [0.29, 0.717) is 12.8 Å². The maximum atomic E-state index is 15.0. The van der Waals surface area contributed by atoms with Crippen molar-refractivity contribution in [3.63, 3.8) is 0 Å². The maximum absolute atomic E-state index is 15.0. The Labute approximate surface area is 126 Å². The van der Waals surface area contributed by atoms with Gasteiger partial charge < -0.3 is 0 Å². The normalized spacial score (nSPS) is 27.5. The van der Waals surface area contributed by atoms with Crippen LogP contribution in [0.1, 0.15) is 56.6 Å². The molecule has 2 aliphatic carbocycles. The van der Waals surface area contributed by atoms with Crippen LogP contribution in [0.15, 0.2) is 30.3 Å². The minimum Gasteiger partial charge on any atom is -0.296 e. The summed E-state index contributed by atoms with van der Waals surface area (Å²) in [5, 5.41) is 0. The molecule has 0 aromatic heterocycles. The van der Waals surface area contributed by atoms with E-state index in [1.165, 1.54) is 16.7 Å². The Balaban J connectivity index is 1.84. The van der Waals surface area contributed by atoms with Crippen LogP contribution >= 0.6 is 0 Å². The van der Waals surface area contributed by atoms with Crippen molar-refractivity contribution in [1.82, 2.24) is 0 Å². The number of allylic oxidation sites excluding steroid dienone is 2. The zero-order chi connectivity index (χ0) is 14.9. The van der Waals surface area contributed by atoms with Crippen LogP contribution in [0, 0.1) is 5.92 Å². The van der Waals surface area contributed by atoms with E-state index >= 15 is 4.39 Å². The summed E-state index contributed by atoms with van der Waals surface area (Å²) >= 11 is 0. The molecule has 21 heavy (non-hydrogen) atoms. The molecule has 1 aromatic carbocycles. The molecule has 2 aliphatic rings. The number of hydrogen-bond donors (Lipinski definition) is 0. The first kappa shape index (κ1) is 14.5. The molecule has 1 nitrogen and oxygen atoms in total. The molecule has 0 aliphatic heterocycles. The monoisotopic (exact) mass is 286 g/mol. The smallest absolute Gasteiger partial charge is 0.172 e. The van der Waals surface area contributed by atoms with Gasteiger partial charge in [-0.2, -0.15) is 0 Å². The molecule has 0 radical (unpaired) electrons. The average molecular weight is 286 g/mol. The molecule has 0 fully saturated rings. The molecule has 0 saturated heterocycles. The van der Waals surface area contributed by atoms with Gasteiger partial charge in [0.05, 0.1) is 0 Å². The third-order valence-electron chi connectivity index (χ3n) is 5.00. The molecule has 3 rings (SSSR count). The highest BCUT2D eigenvalue weighted by Gasteiger charge is 2.43. The van der Waals surface area contributed by atoms with Crippen LogP contribution in [-0.2, 0) is 11.2 Å². The number of alkyl halides is 1. The molecule has 112 valence electrons. The number of Topliss-reactive ketones (excluding diaryl/α,β-unsaturated/α-hetero) is 1. The van der Waals surface area contributed by atoms with Gasteiger partial charge in [-0.25, -0.2) is 4.39 Å². The molecular weight excluding hydrogens is 263 g/mol. The third-order valence-corrected chi connectivity index (χ3v) is 5.00. The van der Waals surface area contributed by atoms with Crippen LogP contribution in [0.4, 0.5) is 4.39 Å². The van der Waals surface area contributed by atoms with Gasteiger partial charge in [0, 0.05) is 12.8 Å². The summed E-state index contributed by atoms with van der Waals surface area (Å²) in [6.45, 7) is 2.04. The lowest BCUT2D eigenvalue weighted by Gasteiger charge is -2.37. The number of aryl methyl sites for hydroxylation is 1. The van der Waals surface area contributed by atoms with Crippen molar-refractivity contribution in [2.75, 3.05) is 0 Å². The van der Waals surface area contributed by atoms with Crippen molar-refractivity contribution >= 4 is 11.4 Å². The van der Waals surface area contributed by atoms with Crippen LogP contribution in [-0.4, -0.2) is 11.5 Å². The van der Waals surface area contributed by atoms with E-state index in [1.807, 2.05) is 19.1 Å². The first-order valence-corrected chi connectivity index (χ1v) is 8.14. The number of hydrogen-bond acceptors (Lipinski definition) is 1. The van der Waals surface area contributed by atoms with Crippen molar-refractivity contribution in [2.45, 2.75) is 57.5 Å². The van der Waals surface area contributed by atoms with E-state index in [-0.39, 0.29) is 18.1 Å². The minimum atomic E-state index is -1.62. The van der Waals surface area contributed by atoms with E-state index in [1.54, 1.807) is 0 Å². The Morgan fingerprint density at radius 3 is 3.00 bits per heavy atom. The lowest BCUT2D eigenvalue weighted by atomic mass is 9.69. The van der Waals surface area contributed by atoms with Gasteiger partial charge in [0.15, 0.2) is 11.5 Å². The number of carbonyl (C=O) groups is 1. The minimum absolute atomic E-state index is 0.182. The fourth-order valence-corrected chi connectivity index (χ4v) is 3.75. The third kappa shape index (κ3) is 2.68. The predicted octanol–water partition coefficient (Wildman–Crippen LogP) is 4.89. The van der Waals surface area contributed by atoms with Crippen LogP contribution in [0.3, 0.4) is 0 Å². The quantitative estimate of drug-likeness (QED) is 0.770.